The van der Waals surface area contributed by atoms with E-state index in [1.54, 1.807) is 54.6 Å². The van der Waals surface area contributed by atoms with Crippen LogP contribution in [0.15, 0.2) is 83.8 Å². The molecule has 138 valence electrons. The Kier molecular flexibility index (Phi) is 5.57. The molecule has 0 aromatic heterocycles. The zero-order valence-electron chi connectivity index (χ0n) is 14.8. The number of hydrogen-bond donors (Lipinski definition) is 2. The number of sulfone groups is 1. The Morgan fingerprint density at radius 2 is 1.41 bits per heavy atom. The largest absolute Gasteiger partial charge is 0.371 e. The maximum Gasteiger partial charge on any atom is 0.255 e. The normalized spacial score (nSPS) is 11.0. The summed E-state index contributed by atoms with van der Waals surface area (Å²) < 4.78 is 24.6. The third-order valence-corrected chi connectivity index (χ3v) is 5.54. The standard InChI is InChI=1S/C21H20N2O3S/c1-16-7-11-19(12-8-16)23-21(24)17-9-13-18(14-10-17)22-15-27(25,26)20-5-3-2-4-6-20/h2-14,22H,15H2,1H3,(H,23,24). The number of aryl methyl sites for hydroxylation is 1. The highest BCUT2D eigenvalue weighted by atomic mass is 32.2. The molecule has 0 unspecified atom stereocenters. The molecular weight excluding hydrogens is 360 g/mol. The van der Waals surface area contributed by atoms with E-state index < -0.39 is 9.84 Å². The van der Waals surface area contributed by atoms with E-state index in [1.165, 1.54) is 0 Å². The Balaban J connectivity index is 1.61. The van der Waals surface area contributed by atoms with E-state index in [9.17, 15) is 13.2 Å². The van der Waals surface area contributed by atoms with Gasteiger partial charge in [-0.25, -0.2) is 8.42 Å². The Morgan fingerprint density at radius 3 is 2.04 bits per heavy atom. The van der Waals surface area contributed by atoms with Crippen LogP contribution in [-0.4, -0.2) is 20.2 Å². The zero-order chi connectivity index (χ0) is 19.3. The smallest absolute Gasteiger partial charge is 0.255 e. The van der Waals surface area contributed by atoms with Crippen molar-refractivity contribution in [3.8, 4) is 0 Å². The minimum absolute atomic E-state index is 0.216. The van der Waals surface area contributed by atoms with Crippen molar-refractivity contribution in [1.29, 1.82) is 0 Å². The SMILES string of the molecule is Cc1ccc(NC(=O)c2ccc(NCS(=O)(=O)c3ccccc3)cc2)cc1. The molecule has 3 aromatic rings. The van der Waals surface area contributed by atoms with Crippen molar-refractivity contribution in [3.63, 3.8) is 0 Å². The number of carbonyl (C=O) groups is 1. The Hall–Kier alpha value is -3.12. The van der Waals surface area contributed by atoms with Crippen LogP contribution in [0.2, 0.25) is 0 Å². The average molecular weight is 380 g/mol. The first-order chi connectivity index (χ1) is 12.9. The fourth-order valence-corrected chi connectivity index (χ4v) is 3.56. The van der Waals surface area contributed by atoms with Crippen molar-refractivity contribution in [3.05, 3.63) is 90.0 Å². The van der Waals surface area contributed by atoms with Gasteiger partial charge < -0.3 is 10.6 Å². The molecule has 5 nitrogen and oxygen atoms in total. The summed E-state index contributed by atoms with van der Waals surface area (Å²) in [5.41, 5.74) is 2.96. The lowest BCUT2D eigenvalue weighted by atomic mass is 10.2. The summed E-state index contributed by atoms with van der Waals surface area (Å²) in [5.74, 6) is -0.436. The van der Waals surface area contributed by atoms with Crippen molar-refractivity contribution in [1.82, 2.24) is 0 Å². The summed E-state index contributed by atoms with van der Waals surface area (Å²) in [6.07, 6.45) is 0. The second-order valence-electron chi connectivity index (χ2n) is 6.15. The number of benzene rings is 3. The molecule has 2 N–H and O–H groups in total. The van der Waals surface area contributed by atoms with Crippen LogP contribution >= 0.6 is 0 Å². The predicted octanol–water partition coefficient (Wildman–Crippen LogP) is 4.09. The van der Waals surface area contributed by atoms with Crippen LogP contribution in [0.5, 0.6) is 0 Å². The fourth-order valence-electron chi connectivity index (χ4n) is 2.47. The van der Waals surface area contributed by atoms with E-state index in [0.717, 1.165) is 11.3 Å². The highest BCUT2D eigenvalue weighted by molar-refractivity contribution is 7.91. The molecule has 0 saturated carbocycles. The maximum absolute atomic E-state index is 12.3. The van der Waals surface area contributed by atoms with Crippen LogP contribution < -0.4 is 10.6 Å². The Labute approximate surface area is 159 Å². The van der Waals surface area contributed by atoms with Crippen LogP contribution in [0.25, 0.3) is 0 Å². The van der Waals surface area contributed by atoms with Crippen molar-refractivity contribution < 1.29 is 13.2 Å². The highest BCUT2D eigenvalue weighted by Gasteiger charge is 2.13. The Bertz CT molecular complexity index is 1010. The van der Waals surface area contributed by atoms with Gasteiger partial charge in [-0.3, -0.25) is 4.79 Å². The molecule has 0 spiro atoms. The van der Waals surface area contributed by atoms with Crippen LogP contribution in [0.1, 0.15) is 15.9 Å². The van der Waals surface area contributed by atoms with Gasteiger partial charge in [0, 0.05) is 16.9 Å². The molecular formula is C21H20N2O3S. The molecule has 27 heavy (non-hydrogen) atoms. The van der Waals surface area contributed by atoms with E-state index in [4.69, 9.17) is 0 Å². The summed E-state index contributed by atoms with van der Waals surface area (Å²) in [5, 5.41) is 5.71. The summed E-state index contributed by atoms with van der Waals surface area (Å²) in [7, 11) is -3.42. The van der Waals surface area contributed by atoms with Gasteiger partial charge in [-0.15, -0.1) is 0 Å². The third kappa shape index (κ3) is 4.95. The maximum atomic E-state index is 12.3. The van der Waals surface area contributed by atoms with Gasteiger partial charge in [0.05, 0.1) is 4.90 Å². The topological polar surface area (TPSA) is 75.3 Å². The molecule has 3 aromatic carbocycles. The van der Waals surface area contributed by atoms with Crippen LogP contribution in [-0.2, 0) is 9.84 Å². The molecule has 0 heterocycles. The van der Waals surface area contributed by atoms with Crippen LogP contribution in [0.4, 0.5) is 11.4 Å². The summed E-state index contributed by atoms with van der Waals surface area (Å²) >= 11 is 0. The van der Waals surface area contributed by atoms with Gasteiger partial charge in [-0.1, -0.05) is 35.9 Å². The highest BCUT2D eigenvalue weighted by Crippen LogP contribution is 2.15. The van der Waals surface area contributed by atoms with Gasteiger partial charge in [0.2, 0.25) is 0 Å². The van der Waals surface area contributed by atoms with Gasteiger partial charge >= 0.3 is 0 Å². The molecule has 0 aliphatic rings. The van der Waals surface area contributed by atoms with E-state index in [1.807, 2.05) is 31.2 Å². The number of amides is 1. The van der Waals surface area contributed by atoms with Crippen LogP contribution in [0, 0.1) is 6.92 Å². The van der Waals surface area contributed by atoms with Gasteiger partial charge in [0.25, 0.3) is 5.91 Å². The molecule has 0 bridgehead atoms. The minimum Gasteiger partial charge on any atom is -0.371 e. The second kappa shape index (κ2) is 8.05. The first kappa shape index (κ1) is 18.7. The lowest BCUT2D eigenvalue weighted by Crippen LogP contribution is -2.15. The van der Waals surface area contributed by atoms with Crippen molar-refractivity contribution >= 4 is 27.1 Å². The molecule has 0 aliphatic carbocycles. The molecule has 1 amide bonds. The lowest BCUT2D eigenvalue weighted by Gasteiger charge is -2.09. The summed E-state index contributed by atoms with van der Waals surface area (Å²) in [4.78, 5) is 12.6. The number of nitrogens with one attached hydrogen (secondary N) is 2. The van der Waals surface area contributed by atoms with Gasteiger partial charge in [-0.2, -0.15) is 0 Å². The van der Waals surface area contributed by atoms with Crippen LogP contribution in [0.3, 0.4) is 0 Å². The fraction of sp³-hybridized carbons (Fsp3) is 0.0952. The van der Waals surface area contributed by atoms with Crippen molar-refractivity contribution in [2.75, 3.05) is 16.5 Å². The molecule has 6 heteroatoms. The Morgan fingerprint density at radius 1 is 0.815 bits per heavy atom. The summed E-state index contributed by atoms with van der Waals surface area (Å²) in [6.45, 7) is 1.98. The van der Waals surface area contributed by atoms with Gasteiger partial charge in [0.15, 0.2) is 9.84 Å². The van der Waals surface area contributed by atoms with Crippen molar-refractivity contribution in [2.24, 2.45) is 0 Å². The molecule has 0 fully saturated rings. The van der Waals surface area contributed by atoms with Crippen molar-refractivity contribution in [2.45, 2.75) is 11.8 Å². The second-order valence-corrected chi connectivity index (χ2v) is 8.14. The van der Waals surface area contributed by atoms with E-state index in [-0.39, 0.29) is 16.7 Å². The number of rotatable bonds is 6. The van der Waals surface area contributed by atoms with E-state index in [2.05, 4.69) is 10.6 Å². The number of anilines is 2. The quantitative estimate of drug-likeness (QED) is 0.675. The van der Waals surface area contributed by atoms with Gasteiger partial charge in [0.1, 0.15) is 5.88 Å². The lowest BCUT2D eigenvalue weighted by molar-refractivity contribution is 0.102. The molecule has 3 rings (SSSR count). The monoisotopic (exact) mass is 380 g/mol. The first-order valence-corrected chi connectivity index (χ1v) is 10.1. The molecule has 0 radical (unpaired) electrons. The van der Waals surface area contributed by atoms with Gasteiger partial charge in [-0.05, 0) is 55.5 Å². The minimum atomic E-state index is -3.42. The zero-order valence-corrected chi connectivity index (χ0v) is 15.7. The molecule has 0 atom stereocenters. The summed E-state index contributed by atoms with van der Waals surface area (Å²) in [6, 6.07) is 22.5. The predicted molar refractivity (Wildman–Crippen MR) is 108 cm³/mol. The third-order valence-electron chi connectivity index (χ3n) is 4.03. The number of carbonyl (C=O) groups excluding carboxylic acids is 1. The first-order valence-electron chi connectivity index (χ1n) is 8.44. The van der Waals surface area contributed by atoms with E-state index >= 15 is 0 Å². The van der Waals surface area contributed by atoms with E-state index in [0.29, 0.717) is 11.3 Å². The molecule has 0 aliphatic heterocycles. The number of hydrogen-bond acceptors (Lipinski definition) is 4. The average Bonchev–Trinajstić information content (AvgIpc) is 2.69. The molecule has 0 saturated heterocycles.